The van der Waals surface area contributed by atoms with Crippen molar-refractivity contribution in [2.24, 2.45) is 0 Å². The van der Waals surface area contributed by atoms with E-state index in [1.807, 2.05) is 0 Å². The van der Waals surface area contributed by atoms with E-state index in [4.69, 9.17) is 0 Å². The first-order chi connectivity index (χ1) is 5.73. The lowest BCUT2D eigenvalue weighted by atomic mass is 9.80. The van der Waals surface area contributed by atoms with Crippen molar-refractivity contribution in [2.75, 3.05) is 0 Å². The van der Waals surface area contributed by atoms with Gasteiger partial charge in [0.2, 0.25) is 0 Å². The molecule has 1 heterocycles. The van der Waals surface area contributed by atoms with Crippen LogP contribution < -0.4 is 5.43 Å². The molecule has 1 saturated carbocycles. The van der Waals surface area contributed by atoms with Crippen molar-refractivity contribution < 1.29 is 9.66 Å². The average molecular weight is 169 g/mol. The summed E-state index contributed by atoms with van der Waals surface area (Å²) in [7, 11) is 0. The Hall–Kier alpha value is -0.930. The summed E-state index contributed by atoms with van der Waals surface area (Å²) in [6.07, 6.45) is 5.49. The molecule has 2 aliphatic rings. The van der Waals surface area contributed by atoms with E-state index >= 15 is 0 Å². The molecule has 1 aliphatic heterocycles. The Morgan fingerprint density at radius 1 is 1.25 bits per heavy atom. The van der Waals surface area contributed by atoms with Crippen LogP contribution in [0, 0.1) is 4.91 Å². The summed E-state index contributed by atoms with van der Waals surface area (Å²) in [6.45, 7) is 0. The van der Waals surface area contributed by atoms with Crippen molar-refractivity contribution in [3.63, 3.8) is 0 Å². The number of nitrogens with one attached hydrogen (secondary N) is 1. The van der Waals surface area contributed by atoms with Gasteiger partial charge < -0.3 is 0 Å². The van der Waals surface area contributed by atoms with Gasteiger partial charge in [0.05, 0.1) is 4.91 Å². The molecule has 1 N–H and O–H groups in total. The van der Waals surface area contributed by atoms with E-state index < -0.39 is 0 Å². The molecule has 66 valence electrons. The molecular formula is C8H13N2O2+. The molecule has 0 unspecified atom stereocenters. The molecule has 4 heteroatoms. The molecule has 1 spiro atoms. The number of hydrazine groups is 1. The fourth-order valence-electron chi connectivity index (χ4n) is 2.23. The predicted molar refractivity (Wildman–Crippen MR) is 42.2 cm³/mol. The smallest absolute Gasteiger partial charge is 0.269 e. The maximum Gasteiger partial charge on any atom is 0.286 e. The molecule has 0 aromatic carbocycles. The van der Waals surface area contributed by atoms with Gasteiger partial charge in [-0.3, -0.25) is 4.79 Å². The third-order valence-corrected chi connectivity index (χ3v) is 2.93. The summed E-state index contributed by atoms with van der Waals surface area (Å²) in [4.78, 5) is 23.1. The Morgan fingerprint density at radius 3 is 2.42 bits per heavy atom. The highest BCUT2D eigenvalue weighted by Gasteiger charge is 2.55. The number of nitrogens with zero attached hydrogens (tertiary/aromatic N) is 1. The minimum atomic E-state index is -0.380. The topological polar surface area (TPSA) is 49.2 Å². The van der Waals surface area contributed by atoms with E-state index in [0.717, 1.165) is 30.6 Å². The van der Waals surface area contributed by atoms with Crippen LogP contribution in [-0.4, -0.2) is 16.3 Å². The Kier molecular flexibility index (Phi) is 1.63. The van der Waals surface area contributed by atoms with Crippen LogP contribution in [0.3, 0.4) is 0 Å². The van der Waals surface area contributed by atoms with Crippen LogP contribution in [0.4, 0.5) is 0 Å². The molecule has 0 aromatic rings. The SMILES string of the molecule is O=C1CC2(CCCCC2)[N+](=O)N1. The van der Waals surface area contributed by atoms with Crippen LogP contribution in [0.5, 0.6) is 0 Å². The minimum absolute atomic E-state index is 0.119. The molecule has 0 radical (unpaired) electrons. The molecule has 12 heavy (non-hydrogen) atoms. The molecular weight excluding hydrogens is 156 g/mol. The van der Waals surface area contributed by atoms with Crippen LogP contribution in [0.25, 0.3) is 0 Å². The Labute approximate surface area is 70.9 Å². The first kappa shape index (κ1) is 7.71. The van der Waals surface area contributed by atoms with E-state index in [-0.39, 0.29) is 11.4 Å². The summed E-state index contributed by atoms with van der Waals surface area (Å²) in [5, 5.41) is 0. The molecule has 1 saturated heterocycles. The maximum atomic E-state index is 11.3. The molecule has 0 bridgehead atoms. The third-order valence-electron chi connectivity index (χ3n) is 2.93. The fraction of sp³-hybridized carbons (Fsp3) is 0.875. The predicted octanol–water partition coefficient (Wildman–Crippen LogP) is 0.903. The van der Waals surface area contributed by atoms with Crippen molar-refractivity contribution in [3.8, 4) is 0 Å². The highest BCUT2D eigenvalue weighted by Crippen LogP contribution is 2.35. The lowest BCUT2D eigenvalue weighted by Crippen LogP contribution is -2.40. The van der Waals surface area contributed by atoms with E-state index in [1.165, 1.54) is 6.42 Å². The second kappa shape index (κ2) is 2.54. The number of carbonyl (C=O) groups is 1. The van der Waals surface area contributed by atoms with Crippen LogP contribution >= 0.6 is 0 Å². The van der Waals surface area contributed by atoms with Crippen molar-refractivity contribution >= 4 is 5.91 Å². The monoisotopic (exact) mass is 169 g/mol. The molecule has 0 aromatic heterocycles. The first-order valence-electron chi connectivity index (χ1n) is 4.50. The zero-order chi connectivity index (χ0) is 8.60. The lowest BCUT2D eigenvalue weighted by Gasteiger charge is -2.21. The van der Waals surface area contributed by atoms with Crippen LogP contribution in [-0.2, 0) is 4.79 Å². The third kappa shape index (κ3) is 1.02. The quantitative estimate of drug-likeness (QED) is 0.548. The maximum absolute atomic E-state index is 11.3. The second-order valence-corrected chi connectivity index (χ2v) is 3.79. The van der Waals surface area contributed by atoms with Gasteiger partial charge in [-0.15, -0.1) is 0 Å². The summed E-state index contributed by atoms with van der Waals surface area (Å²) >= 11 is 0. The number of carbonyl (C=O) groups excluding carboxylic acids is 1. The Morgan fingerprint density at radius 2 is 1.92 bits per heavy atom. The van der Waals surface area contributed by atoms with Gasteiger partial charge in [0.15, 0.2) is 0 Å². The number of hydrogen-bond donors (Lipinski definition) is 1. The van der Waals surface area contributed by atoms with Crippen LogP contribution in [0.1, 0.15) is 38.5 Å². The highest BCUT2D eigenvalue weighted by molar-refractivity contribution is 5.77. The van der Waals surface area contributed by atoms with Gasteiger partial charge in [-0.05, 0) is 12.8 Å². The van der Waals surface area contributed by atoms with E-state index in [0.29, 0.717) is 6.42 Å². The molecule has 2 fully saturated rings. The average Bonchev–Trinajstić information content (AvgIpc) is 2.29. The lowest BCUT2D eigenvalue weighted by molar-refractivity contribution is -0.654. The molecule has 4 nitrogen and oxygen atoms in total. The summed E-state index contributed by atoms with van der Waals surface area (Å²) < 4.78 is 0. The highest BCUT2D eigenvalue weighted by atomic mass is 16.3. The van der Waals surface area contributed by atoms with Gasteiger partial charge in [-0.2, -0.15) is 0 Å². The van der Waals surface area contributed by atoms with Gasteiger partial charge in [0, 0.05) is 12.8 Å². The fourth-order valence-corrected chi connectivity index (χ4v) is 2.23. The van der Waals surface area contributed by atoms with Crippen molar-refractivity contribution in [1.29, 1.82) is 0 Å². The number of hydrogen-bond acceptors (Lipinski definition) is 2. The Balaban J connectivity index is 2.18. The van der Waals surface area contributed by atoms with Gasteiger partial charge in [0.25, 0.3) is 11.4 Å². The van der Waals surface area contributed by atoms with Crippen LogP contribution in [0.2, 0.25) is 0 Å². The molecule has 1 aliphatic carbocycles. The number of amides is 1. The summed E-state index contributed by atoms with van der Waals surface area (Å²) in [6, 6.07) is 0. The van der Waals surface area contributed by atoms with Crippen molar-refractivity contribution in [2.45, 2.75) is 44.1 Å². The summed E-state index contributed by atoms with van der Waals surface area (Å²) in [5.74, 6) is -0.119. The van der Waals surface area contributed by atoms with Gasteiger partial charge in [-0.25, -0.2) is 0 Å². The standard InChI is InChI=1S/C8H12N2O2/c11-7-6-8(10(12)9-7)4-2-1-3-5-8/h1-6H2/p+1. The Bertz CT molecular complexity index is 231. The first-order valence-corrected chi connectivity index (χ1v) is 4.50. The number of nitroso groups, excluding NO2 is 1. The largest absolute Gasteiger partial charge is 0.286 e. The second-order valence-electron chi connectivity index (χ2n) is 3.79. The van der Waals surface area contributed by atoms with Crippen molar-refractivity contribution in [3.05, 3.63) is 4.91 Å². The van der Waals surface area contributed by atoms with Crippen molar-refractivity contribution in [1.82, 2.24) is 5.43 Å². The summed E-state index contributed by atoms with van der Waals surface area (Å²) in [5.41, 5.74) is 1.94. The van der Waals surface area contributed by atoms with E-state index in [2.05, 4.69) is 5.43 Å². The van der Waals surface area contributed by atoms with Gasteiger partial charge in [-0.1, -0.05) is 11.8 Å². The molecule has 0 atom stereocenters. The molecule has 2 rings (SSSR count). The normalized spacial score (nSPS) is 27.7. The number of rotatable bonds is 0. The van der Waals surface area contributed by atoms with Gasteiger partial charge in [0.1, 0.15) is 11.3 Å². The van der Waals surface area contributed by atoms with Crippen LogP contribution in [0.15, 0.2) is 0 Å². The van der Waals surface area contributed by atoms with E-state index in [1.54, 1.807) is 0 Å². The zero-order valence-corrected chi connectivity index (χ0v) is 7.01. The molecule has 1 amide bonds. The minimum Gasteiger partial charge on any atom is -0.269 e. The zero-order valence-electron chi connectivity index (χ0n) is 7.01. The van der Waals surface area contributed by atoms with Gasteiger partial charge >= 0.3 is 0 Å². The van der Waals surface area contributed by atoms with E-state index in [9.17, 15) is 9.70 Å².